The Labute approximate surface area is 138 Å². The molecule has 2 amide bonds. The predicted octanol–water partition coefficient (Wildman–Crippen LogP) is 3.80. The molecule has 3 N–H and O–H groups in total. The summed E-state index contributed by atoms with van der Waals surface area (Å²) in [7, 11) is 0. The van der Waals surface area contributed by atoms with Crippen molar-refractivity contribution in [1.82, 2.24) is 5.32 Å². The largest absolute Gasteiger partial charge is 0.481 e. The lowest BCUT2D eigenvalue weighted by Crippen LogP contribution is -2.50. The first-order chi connectivity index (χ1) is 11.1. The molecule has 0 fully saturated rings. The minimum atomic E-state index is -4.53. The van der Waals surface area contributed by atoms with Gasteiger partial charge in [-0.25, -0.2) is 4.79 Å². The van der Waals surface area contributed by atoms with Crippen LogP contribution in [0.15, 0.2) is 24.3 Å². The molecule has 5 nitrogen and oxygen atoms in total. The van der Waals surface area contributed by atoms with Gasteiger partial charge in [0.15, 0.2) is 0 Å². The van der Waals surface area contributed by atoms with Gasteiger partial charge in [-0.1, -0.05) is 32.4 Å². The lowest BCUT2D eigenvalue weighted by molar-refractivity contribution is -0.163. The third-order valence-electron chi connectivity index (χ3n) is 3.66. The molecule has 0 aliphatic carbocycles. The summed E-state index contributed by atoms with van der Waals surface area (Å²) in [4.78, 5) is 22.4. The molecule has 2 atom stereocenters. The van der Waals surface area contributed by atoms with E-state index in [1.807, 2.05) is 5.32 Å². The fraction of sp³-hybridized carbons (Fsp3) is 0.500. The van der Waals surface area contributed by atoms with Crippen molar-refractivity contribution in [2.45, 2.75) is 45.3 Å². The molecule has 0 bridgehead atoms. The number of rotatable bonds is 7. The molecule has 0 saturated heterocycles. The third kappa shape index (κ3) is 6.47. The van der Waals surface area contributed by atoms with Gasteiger partial charge in [0.05, 0.1) is 0 Å². The van der Waals surface area contributed by atoms with Crippen molar-refractivity contribution in [2.24, 2.45) is 5.92 Å². The molecule has 0 spiro atoms. The van der Waals surface area contributed by atoms with Crippen LogP contribution in [0, 0.1) is 5.92 Å². The number of carbonyl (C=O) groups excluding carboxylic acids is 1. The van der Waals surface area contributed by atoms with Crippen molar-refractivity contribution >= 4 is 17.7 Å². The summed E-state index contributed by atoms with van der Waals surface area (Å²) in [5, 5.41) is 13.0. The first-order valence-corrected chi connectivity index (χ1v) is 7.58. The fourth-order valence-electron chi connectivity index (χ4n) is 2.15. The molecule has 0 radical (unpaired) electrons. The van der Waals surface area contributed by atoms with Crippen LogP contribution in [0.4, 0.5) is 23.7 Å². The summed E-state index contributed by atoms with van der Waals surface area (Å²) in [5.74, 6) is -1.70. The predicted molar refractivity (Wildman–Crippen MR) is 83.9 cm³/mol. The minimum Gasteiger partial charge on any atom is -0.481 e. The first kappa shape index (κ1) is 19.8. The number of alkyl halides is 3. The molecule has 134 valence electrons. The zero-order valence-corrected chi connectivity index (χ0v) is 13.5. The molecule has 0 saturated carbocycles. The normalized spacial score (nSPS) is 13.9. The van der Waals surface area contributed by atoms with Crippen LogP contribution >= 0.6 is 0 Å². The number of urea groups is 1. The van der Waals surface area contributed by atoms with Gasteiger partial charge >= 0.3 is 18.2 Å². The monoisotopic (exact) mass is 346 g/mol. The lowest BCUT2D eigenvalue weighted by atomic mass is 9.99. The van der Waals surface area contributed by atoms with E-state index in [0.717, 1.165) is 0 Å². The molecule has 24 heavy (non-hydrogen) atoms. The summed E-state index contributed by atoms with van der Waals surface area (Å²) in [6, 6.07) is 3.46. The highest BCUT2D eigenvalue weighted by molar-refractivity contribution is 5.89. The smallest absolute Gasteiger partial charge is 0.408 e. The Morgan fingerprint density at radius 3 is 2.50 bits per heavy atom. The lowest BCUT2D eigenvalue weighted by Gasteiger charge is -2.26. The average molecular weight is 346 g/mol. The molecule has 1 aromatic carbocycles. The summed E-state index contributed by atoms with van der Waals surface area (Å²) >= 11 is 0. The summed E-state index contributed by atoms with van der Waals surface area (Å²) in [6.07, 6.45) is -4.06. The van der Waals surface area contributed by atoms with Gasteiger partial charge in [-0.15, -0.1) is 0 Å². The van der Waals surface area contributed by atoms with Gasteiger partial charge in [0, 0.05) is 12.1 Å². The van der Waals surface area contributed by atoms with Crippen LogP contribution in [-0.2, 0) is 11.2 Å². The molecule has 0 aliphatic heterocycles. The van der Waals surface area contributed by atoms with Gasteiger partial charge in [-0.3, -0.25) is 4.79 Å². The first-order valence-electron chi connectivity index (χ1n) is 7.58. The third-order valence-corrected chi connectivity index (χ3v) is 3.66. The zero-order valence-electron chi connectivity index (χ0n) is 13.5. The molecule has 0 heterocycles. The highest BCUT2D eigenvalue weighted by Gasteiger charge is 2.43. The van der Waals surface area contributed by atoms with E-state index in [1.165, 1.54) is 19.1 Å². The number of carboxylic acids is 1. The van der Waals surface area contributed by atoms with Gasteiger partial charge in [-0.2, -0.15) is 13.2 Å². The number of carbonyl (C=O) groups is 2. The van der Waals surface area contributed by atoms with E-state index in [1.54, 1.807) is 19.1 Å². The number of benzene rings is 1. The number of aryl methyl sites for hydroxylation is 1. The van der Waals surface area contributed by atoms with Crippen LogP contribution in [0.2, 0.25) is 0 Å². The highest BCUT2D eigenvalue weighted by Crippen LogP contribution is 2.27. The fourth-order valence-corrected chi connectivity index (χ4v) is 2.15. The van der Waals surface area contributed by atoms with E-state index < -0.39 is 30.1 Å². The number of nitrogens with one attached hydrogen (secondary N) is 2. The summed E-state index contributed by atoms with van der Waals surface area (Å²) in [6.45, 7) is 3.04. The number of halogens is 3. The van der Waals surface area contributed by atoms with E-state index >= 15 is 0 Å². The molecule has 0 aliphatic rings. The van der Waals surface area contributed by atoms with E-state index in [2.05, 4.69) is 5.32 Å². The Hall–Kier alpha value is -2.25. The van der Waals surface area contributed by atoms with E-state index in [4.69, 9.17) is 5.11 Å². The SMILES string of the molecule is CCC(C)C(NC(=O)Nc1cccc(CCC(=O)O)c1)C(F)(F)F. The van der Waals surface area contributed by atoms with E-state index in [0.29, 0.717) is 11.3 Å². The van der Waals surface area contributed by atoms with Crippen LogP contribution in [0.5, 0.6) is 0 Å². The quantitative estimate of drug-likeness (QED) is 0.703. The summed E-state index contributed by atoms with van der Waals surface area (Å²) in [5.41, 5.74) is 0.977. The number of hydrogen-bond donors (Lipinski definition) is 3. The van der Waals surface area contributed by atoms with Crippen molar-refractivity contribution in [2.75, 3.05) is 5.32 Å². The van der Waals surface area contributed by atoms with Crippen LogP contribution in [0.1, 0.15) is 32.3 Å². The van der Waals surface area contributed by atoms with E-state index in [-0.39, 0.29) is 19.3 Å². The highest BCUT2D eigenvalue weighted by atomic mass is 19.4. The zero-order chi connectivity index (χ0) is 18.3. The Morgan fingerprint density at radius 2 is 1.96 bits per heavy atom. The van der Waals surface area contributed by atoms with Gasteiger partial charge < -0.3 is 15.7 Å². The van der Waals surface area contributed by atoms with Crippen molar-refractivity contribution < 1.29 is 27.9 Å². The topological polar surface area (TPSA) is 78.4 Å². The maximum atomic E-state index is 13.0. The number of aliphatic carboxylic acids is 1. The number of carboxylic acid groups (broad SMARTS) is 1. The van der Waals surface area contributed by atoms with Gasteiger partial charge in [0.2, 0.25) is 0 Å². The molecular weight excluding hydrogens is 325 g/mol. The second-order valence-corrected chi connectivity index (χ2v) is 5.60. The second kappa shape index (κ2) is 8.56. The Morgan fingerprint density at radius 1 is 1.29 bits per heavy atom. The maximum absolute atomic E-state index is 13.0. The Bertz CT molecular complexity index is 576. The van der Waals surface area contributed by atoms with E-state index in [9.17, 15) is 22.8 Å². The Kier molecular flexibility index (Phi) is 7.06. The standard InChI is InChI=1S/C16H21F3N2O3/c1-3-10(2)14(16(17,18)19)21-15(24)20-12-6-4-5-11(9-12)7-8-13(22)23/h4-6,9-10,14H,3,7-8H2,1-2H3,(H,22,23)(H2,20,21,24). The van der Waals surface area contributed by atoms with Crippen molar-refractivity contribution in [3.05, 3.63) is 29.8 Å². The molecule has 1 rings (SSSR count). The average Bonchev–Trinajstić information content (AvgIpc) is 2.49. The van der Waals surface area contributed by atoms with Crippen molar-refractivity contribution in [3.8, 4) is 0 Å². The number of anilines is 1. The van der Waals surface area contributed by atoms with Crippen LogP contribution < -0.4 is 10.6 Å². The van der Waals surface area contributed by atoms with Crippen LogP contribution in [0.3, 0.4) is 0 Å². The second-order valence-electron chi connectivity index (χ2n) is 5.60. The summed E-state index contributed by atoms with van der Waals surface area (Å²) < 4.78 is 39.0. The van der Waals surface area contributed by atoms with Gasteiger partial charge in [0.25, 0.3) is 0 Å². The van der Waals surface area contributed by atoms with Gasteiger partial charge in [0.1, 0.15) is 6.04 Å². The Balaban J connectivity index is 2.73. The van der Waals surface area contributed by atoms with Crippen LogP contribution in [0.25, 0.3) is 0 Å². The van der Waals surface area contributed by atoms with Crippen LogP contribution in [-0.4, -0.2) is 29.3 Å². The number of hydrogen-bond acceptors (Lipinski definition) is 2. The molecule has 0 aromatic heterocycles. The molecule has 8 heteroatoms. The molecule has 2 unspecified atom stereocenters. The number of amides is 2. The van der Waals surface area contributed by atoms with Crippen molar-refractivity contribution in [1.29, 1.82) is 0 Å². The van der Waals surface area contributed by atoms with Gasteiger partial charge in [-0.05, 0) is 30.0 Å². The molecule has 1 aromatic rings. The maximum Gasteiger partial charge on any atom is 0.408 e. The van der Waals surface area contributed by atoms with Crippen molar-refractivity contribution in [3.63, 3.8) is 0 Å². The molecular formula is C16H21F3N2O3. The minimum absolute atomic E-state index is 0.0696.